The van der Waals surface area contributed by atoms with Crippen LogP contribution in [0, 0.1) is 0 Å². The molecule has 0 aliphatic heterocycles. The van der Waals surface area contributed by atoms with Gasteiger partial charge in [-0.2, -0.15) is 0 Å². The number of hydrogen-bond acceptors (Lipinski definition) is 5. The minimum absolute atomic E-state index is 0.0573. The fourth-order valence-electron chi connectivity index (χ4n) is 2.25. The molecular weight excluding hydrogens is 320 g/mol. The van der Waals surface area contributed by atoms with E-state index in [4.69, 9.17) is 5.11 Å². The molecule has 1 N–H and O–H groups in total. The first-order valence-corrected chi connectivity index (χ1v) is 8.81. The van der Waals surface area contributed by atoms with E-state index in [1.165, 1.54) is 28.4 Å². The molecule has 1 aromatic carbocycles. The lowest BCUT2D eigenvalue weighted by molar-refractivity contribution is 0.0696. The maximum atomic E-state index is 12.7. The summed E-state index contributed by atoms with van der Waals surface area (Å²) >= 11 is 3.09. The molecule has 0 atom stereocenters. The molecule has 0 saturated heterocycles. The molecule has 0 radical (unpaired) electrons. The Hall–Kier alpha value is -1.99. The van der Waals surface area contributed by atoms with Crippen molar-refractivity contribution in [2.24, 2.45) is 0 Å². The van der Waals surface area contributed by atoms with Crippen molar-refractivity contribution in [3.8, 4) is 0 Å². The van der Waals surface area contributed by atoms with E-state index in [0.717, 1.165) is 9.79 Å². The minimum Gasteiger partial charge on any atom is -0.478 e. The van der Waals surface area contributed by atoms with Gasteiger partial charge in [0.1, 0.15) is 5.65 Å². The summed E-state index contributed by atoms with van der Waals surface area (Å²) in [6.45, 7) is 0. The Labute approximate surface area is 134 Å². The van der Waals surface area contributed by atoms with Crippen LogP contribution in [0.4, 0.5) is 0 Å². The maximum absolute atomic E-state index is 12.7. The third kappa shape index (κ3) is 2.36. The summed E-state index contributed by atoms with van der Waals surface area (Å²) in [6, 6.07) is 6.81. The van der Waals surface area contributed by atoms with Crippen molar-refractivity contribution >= 4 is 46.0 Å². The highest BCUT2D eigenvalue weighted by Gasteiger charge is 2.12. The molecule has 2 heterocycles. The van der Waals surface area contributed by atoms with E-state index in [2.05, 4.69) is 4.98 Å². The highest BCUT2D eigenvalue weighted by Crippen LogP contribution is 2.29. The van der Waals surface area contributed by atoms with Crippen LogP contribution in [0.15, 0.2) is 45.0 Å². The molecule has 7 heteroatoms. The van der Waals surface area contributed by atoms with Crippen molar-refractivity contribution in [1.29, 1.82) is 0 Å². The molecular formula is C15H12N2O3S2. The Morgan fingerprint density at radius 3 is 2.64 bits per heavy atom. The summed E-state index contributed by atoms with van der Waals surface area (Å²) < 4.78 is 1.29. The minimum atomic E-state index is -1.07. The van der Waals surface area contributed by atoms with Gasteiger partial charge in [-0.15, -0.1) is 23.5 Å². The lowest BCUT2D eigenvalue weighted by Gasteiger charge is -2.09. The number of benzene rings is 1. The number of carbonyl (C=O) groups is 1. The second-order valence-corrected chi connectivity index (χ2v) is 6.32. The molecule has 0 saturated carbocycles. The van der Waals surface area contributed by atoms with Gasteiger partial charge in [-0.25, -0.2) is 9.78 Å². The Kier molecular flexibility index (Phi) is 3.84. The van der Waals surface area contributed by atoms with Crippen LogP contribution in [0.5, 0.6) is 0 Å². The second kappa shape index (κ2) is 5.66. The van der Waals surface area contributed by atoms with Crippen LogP contribution in [0.1, 0.15) is 10.4 Å². The molecule has 0 fully saturated rings. The largest absolute Gasteiger partial charge is 0.478 e. The summed E-state index contributed by atoms with van der Waals surface area (Å²) in [6.07, 6.45) is 5.20. The van der Waals surface area contributed by atoms with Gasteiger partial charge in [-0.05, 0) is 36.8 Å². The first kappa shape index (κ1) is 14.9. The lowest BCUT2D eigenvalue weighted by atomic mass is 10.2. The number of fused-ring (bicyclic) bond motifs is 2. The normalized spacial score (nSPS) is 11.2. The molecule has 112 valence electrons. The van der Waals surface area contributed by atoms with E-state index < -0.39 is 5.97 Å². The van der Waals surface area contributed by atoms with Crippen molar-refractivity contribution in [3.63, 3.8) is 0 Å². The molecule has 5 nitrogen and oxygen atoms in total. The Bertz CT molecular complexity index is 966. The first-order chi connectivity index (χ1) is 10.5. The highest BCUT2D eigenvalue weighted by molar-refractivity contribution is 7.99. The SMILES string of the molecule is CSc1cc(SC)c2nc3ccc(C(=O)O)cn3c(=O)c2c1. The number of thioether (sulfide) groups is 2. The van der Waals surface area contributed by atoms with Crippen LogP contribution < -0.4 is 5.56 Å². The standard InChI is InChI=1S/C15H12N2O3S2/c1-21-9-5-10-13(11(6-9)22-2)16-12-4-3-8(15(19)20)7-17(12)14(10)18/h3-7H,1-2H3,(H,19,20). The van der Waals surface area contributed by atoms with E-state index in [1.54, 1.807) is 23.9 Å². The topological polar surface area (TPSA) is 71.7 Å². The van der Waals surface area contributed by atoms with Crippen molar-refractivity contribution in [1.82, 2.24) is 9.38 Å². The summed E-state index contributed by atoms with van der Waals surface area (Å²) in [5, 5.41) is 9.57. The number of rotatable bonds is 3. The van der Waals surface area contributed by atoms with Gasteiger partial charge in [0.15, 0.2) is 0 Å². The molecule has 0 unspecified atom stereocenters. The molecule has 22 heavy (non-hydrogen) atoms. The third-order valence-corrected chi connectivity index (χ3v) is 4.81. The van der Waals surface area contributed by atoms with Crippen LogP contribution >= 0.6 is 23.5 Å². The van der Waals surface area contributed by atoms with Crippen LogP contribution in [-0.2, 0) is 0 Å². The van der Waals surface area contributed by atoms with Gasteiger partial charge in [0, 0.05) is 16.0 Å². The zero-order chi connectivity index (χ0) is 15.9. The zero-order valence-corrected chi connectivity index (χ0v) is 13.5. The van der Waals surface area contributed by atoms with Gasteiger partial charge in [0.2, 0.25) is 0 Å². The van der Waals surface area contributed by atoms with Gasteiger partial charge in [0.25, 0.3) is 5.56 Å². The van der Waals surface area contributed by atoms with Crippen LogP contribution in [0.3, 0.4) is 0 Å². The predicted molar refractivity (Wildman–Crippen MR) is 89.5 cm³/mol. The fraction of sp³-hybridized carbons (Fsp3) is 0.133. The Balaban J connectivity index is 2.46. The van der Waals surface area contributed by atoms with Gasteiger partial charge in [-0.3, -0.25) is 9.20 Å². The van der Waals surface area contributed by atoms with E-state index in [9.17, 15) is 9.59 Å². The van der Waals surface area contributed by atoms with E-state index in [1.807, 2.05) is 18.6 Å². The van der Waals surface area contributed by atoms with E-state index in [-0.39, 0.29) is 11.1 Å². The van der Waals surface area contributed by atoms with Crippen LogP contribution in [0.25, 0.3) is 16.6 Å². The Morgan fingerprint density at radius 1 is 1.23 bits per heavy atom. The van der Waals surface area contributed by atoms with Gasteiger partial charge in [-0.1, -0.05) is 0 Å². The summed E-state index contributed by atoms with van der Waals surface area (Å²) in [4.78, 5) is 30.2. The number of pyridine rings is 1. The van der Waals surface area contributed by atoms with Crippen molar-refractivity contribution in [2.45, 2.75) is 9.79 Å². The van der Waals surface area contributed by atoms with Crippen molar-refractivity contribution < 1.29 is 9.90 Å². The number of carboxylic acid groups (broad SMARTS) is 1. The second-order valence-electron chi connectivity index (χ2n) is 4.59. The molecule has 0 spiro atoms. The van der Waals surface area contributed by atoms with Gasteiger partial charge >= 0.3 is 5.97 Å². The fourth-order valence-corrected chi connectivity index (χ4v) is 3.39. The molecule has 0 aliphatic carbocycles. The first-order valence-electron chi connectivity index (χ1n) is 6.36. The number of nitrogens with zero attached hydrogens (tertiary/aromatic N) is 2. The van der Waals surface area contributed by atoms with Crippen molar-refractivity contribution in [2.75, 3.05) is 12.5 Å². The monoisotopic (exact) mass is 332 g/mol. The summed E-state index contributed by atoms with van der Waals surface area (Å²) in [7, 11) is 0. The zero-order valence-electron chi connectivity index (χ0n) is 11.9. The van der Waals surface area contributed by atoms with Crippen molar-refractivity contribution in [3.05, 3.63) is 46.4 Å². The Morgan fingerprint density at radius 2 is 2.00 bits per heavy atom. The van der Waals surface area contributed by atoms with E-state index in [0.29, 0.717) is 16.6 Å². The smallest absolute Gasteiger partial charge is 0.337 e. The maximum Gasteiger partial charge on any atom is 0.337 e. The van der Waals surface area contributed by atoms with Crippen LogP contribution in [0.2, 0.25) is 0 Å². The summed E-state index contributed by atoms with van der Waals surface area (Å²) in [5.74, 6) is -1.07. The third-order valence-electron chi connectivity index (χ3n) is 3.35. The van der Waals surface area contributed by atoms with Gasteiger partial charge in [0.05, 0.1) is 16.5 Å². The lowest BCUT2D eigenvalue weighted by Crippen LogP contribution is -2.17. The predicted octanol–water partition coefficient (Wildman–Crippen LogP) is 2.99. The molecule has 0 amide bonds. The number of aromatic nitrogens is 2. The van der Waals surface area contributed by atoms with Gasteiger partial charge < -0.3 is 5.11 Å². The highest BCUT2D eigenvalue weighted by atomic mass is 32.2. The molecule has 3 rings (SSSR count). The average molecular weight is 332 g/mol. The average Bonchev–Trinajstić information content (AvgIpc) is 2.54. The number of hydrogen-bond donors (Lipinski definition) is 1. The number of aromatic carboxylic acids is 1. The molecule has 0 bridgehead atoms. The van der Waals surface area contributed by atoms with Crippen LogP contribution in [-0.4, -0.2) is 33.0 Å². The molecule has 3 aromatic rings. The summed E-state index contributed by atoms with van der Waals surface area (Å²) in [5.41, 5.74) is 0.893. The quantitative estimate of drug-likeness (QED) is 0.587. The molecule has 0 aliphatic rings. The van der Waals surface area contributed by atoms with E-state index >= 15 is 0 Å². The molecule has 2 aromatic heterocycles. The number of carboxylic acids is 1.